The van der Waals surface area contributed by atoms with E-state index >= 15 is 0 Å². The van der Waals surface area contributed by atoms with Gasteiger partial charge >= 0.3 is 0 Å². The van der Waals surface area contributed by atoms with Crippen LogP contribution in [0, 0.1) is 10.1 Å². The van der Waals surface area contributed by atoms with Gasteiger partial charge in [0.25, 0.3) is 5.69 Å². The van der Waals surface area contributed by atoms with Crippen LogP contribution in [0.4, 0.5) is 5.69 Å². The van der Waals surface area contributed by atoms with Gasteiger partial charge in [0.15, 0.2) is 0 Å². The maximum absolute atomic E-state index is 10.9. The molecule has 0 aromatic heterocycles. The average Bonchev–Trinajstić information content (AvgIpc) is 2.91. The van der Waals surface area contributed by atoms with Gasteiger partial charge in [0.1, 0.15) is 0 Å². The fourth-order valence-corrected chi connectivity index (χ4v) is 3.13. The molecule has 2 heterocycles. The van der Waals surface area contributed by atoms with Crippen LogP contribution in [0.1, 0.15) is 30.0 Å². The summed E-state index contributed by atoms with van der Waals surface area (Å²) < 4.78 is 0. The van der Waals surface area contributed by atoms with Crippen molar-refractivity contribution in [3.05, 3.63) is 39.4 Å². The highest BCUT2D eigenvalue weighted by Crippen LogP contribution is 2.28. The highest BCUT2D eigenvalue weighted by Gasteiger charge is 2.25. The standard InChI is InChI=1S/C14H19N3O2/c18-17(19)12-4-3-11-5-6-15-14(13(11)9-12)10-16-7-1-2-8-16/h3-4,9,14-15H,1-2,5-8,10H2. The number of fused-ring (bicyclic) bond motifs is 1. The number of hydrogen-bond acceptors (Lipinski definition) is 4. The molecule has 1 aromatic rings. The van der Waals surface area contributed by atoms with Crippen LogP contribution in [0.2, 0.25) is 0 Å². The third kappa shape index (κ3) is 2.62. The minimum absolute atomic E-state index is 0.203. The van der Waals surface area contributed by atoms with Crippen LogP contribution in [0.15, 0.2) is 18.2 Å². The lowest BCUT2D eigenvalue weighted by Crippen LogP contribution is -2.38. The molecule has 5 nitrogen and oxygen atoms in total. The Kier molecular flexibility index (Phi) is 3.48. The summed E-state index contributed by atoms with van der Waals surface area (Å²) in [6, 6.07) is 5.53. The molecule has 102 valence electrons. The van der Waals surface area contributed by atoms with E-state index < -0.39 is 0 Å². The summed E-state index contributed by atoms with van der Waals surface area (Å²) in [5.74, 6) is 0. The number of nitrogens with one attached hydrogen (secondary N) is 1. The van der Waals surface area contributed by atoms with Crippen molar-refractivity contribution in [1.29, 1.82) is 0 Å². The van der Waals surface area contributed by atoms with Crippen LogP contribution in [0.5, 0.6) is 0 Å². The van der Waals surface area contributed by atoms with Crippen molar-refractivity contribution >= 4 is 5.69 Å². The first-order chi connectivity index (χ1) is 9.24. The number of hydrogen-bond donors (Lipinski definition) is 1. The molecule has 19 heavy (non-hydrogen) atoms. The Balaban J connectivity index is 1.84. The van der Waals surface area contributed by atoms with E-state index in [0.29, 0.717) is 0 Å². The second-order valence-electron chi connectivity index (χ2n) is 5.40. The molecule has 1 atom stereocenters. The number of non-ortho nitro benzene ring substituents is 1. The molecule has 5 heteroatoms. The molecule has 1 unspecified atom stereocenters. The Morgan fingerprint density at radius 1 is 1.37 bits per heavy atom. The number of benzene rings is 1. The van der Waals surface area contributed by atoms with E-state index in [1.165, 1.54) is 18.4 Å². The maximum atomic E-state index is 10.9. The molecule has 1 saturated heterocycles. The highest BCUT2D eigenvalue weighted by molar-refractivity contribution is 5.43. The first-order valence-corrected chi connectivity index (χ1v) is 6.97. The first kappa shape index (κ1) is 12.6. The Morgan fingerprint density at radius 2 is 2.16 bits per heavy atom. The molecule has 3 rings (SSSR count). The smallest absolute Gasteiger partial charge is 0.269 e. The minimum atomic E-state index is -0.304. The molecule has 0 aliphatic carbocycles. The topological polar surface area (TPSA) is 58.4 Å². The summed E-state index contributed by atoms with van der Waals surface area (Å²) in [5.41, 5.74) is 2.58. The van der Waals surface area contributed by atoms with Crippen molar-refractivity contribution in [1.82, 2.24) is 10.2 Å². The fourth-order valence-electron chi connectivity index (χ4n) is 3.13. The average molecular weight is 261 g/mol. The second-order valence-corrected chi connectivity index (χ2v) is 5.40. The minimum Gasteiger partial charge on any atom is -0.309 e. The lowest BCUT2D eigenvalue weighted by molar-refractivity contribution is -0.385. The normalized spacial score (nSPS) is 23.3. The predicted octanol–water partition coefficient (Wildman–Crippen LogP) is 1.88. The molecule has 2 aliphatic rings. The third-order valence-electron chi connectivity index (χ3n) is 4.14. The van der Waals surface area contributed by atoms with Gasteiger partial charge in [0.2, 0.25) is 0 Å². The molecule has 1 aromatic carbocycles. The summed E-state index contributed by atoms with van der Waals surface area (Å²) in [5, 5.41) is 14.4. The molecule has 0 bridgehead atoms. The molecular formula is C14H19N3O2. The van der Waals surface area contributed by atoms with Crippen molar-refractivity contribution in [3.8, 4) is 0 Å². The quantitative estimate of drug-likeness (QED) is 0.666. The van der Waals surface area contributed by atoms with Crippen molar-refractivity contribution < 1.29 is 4.92 Å². The Morgan fingerprint density at radius 3 is 2.89 bits per heavy atom. The fraction of sp³-hybridized carbons (Fsp3) is 0.571. The van der Waals surface area contributed by atoms with E-state index in [0.717, 1.165) is 38.2 Å². The Labute approximate surface area is 112 Å². The van der Waals surface area contributed by atoms with Crippen molar-refractivity contribution in [2.24, 2.45) is 0 Å². The SMILES string of the molecule is O=[N+]([O-])c1ccc2c(c1)C(CN1CCCC1)NCC2. The van der Waals surface area contributed by atoms with E-state index in [1.54, 1.807) is 12.1 Å². The van der Waals surface area contributed by atoms with Crippen LogP contribution in [-0.2, 0) is 6.42 Å². The zero-order valence-electron chi connectivity index (χ0n) is 11.0. The molecule has 1 fully saturated rings. The zero-order valence-corrected chi connectivity index (χ0v) is 11.0. The van der Waals surface area contributed by atoms with Gasteiger partial charge in [-0.3, -0.25) is 10.1 Å². The number of rotatable bonds is 3. The monoisotopic (exact) mass is 261 g/mol. The van der Waals surface area contributed by atoms with Gasteiger partial charge in [-0.2, -0.15) is 0 Å². The van der Waals surface area contributed by atoms with E-state index in [-0.39, 0.29) is 16.7 Å². The summed E-state index contributed by atoms with van der Waals surface area (Å²) in [6.45, 7) is 4.24. The van der Waals surface area contributed by atoms with Gasteiger partial charge in [-0.1, -0.05) is 6.07 Å². The molecule has 0 amide bonds. The summed E-state index contributed by atoms with van der Waals surface area (Å²) in [6.07, 6.45) is 3.51. The first-order valence-electron chi connectivity index (χ1n) is 6.97. The predicted molar refractivity (Wildman–Crippen MR) is 73.2 cm³/mol. The third-order valence-corrected chi connectivity index (χ3v) is 4.14. The molecule has 0 saturated carbocycles. The molecule has 1 N–H and O–H groups in total. The largest absolute Gasteiger partial charge is 0.309 e. The molecular weight excluding hydrogens is 242 g/mol. The molecule has 0 radical (unpaired) electrons. The van der Waals surface area contributed by atoms with E-state index in [1.807, 2.05) is 6.07 Å². The number of likely N-dealkylation sites (tertiary alicyclic amines) is 1. The Bertz CT molecular complexity index is 484. The van der Waals surface area contributed by atoms with Crippen molar-refractivity contribution in [2.45, 2.75) is 25.3 Å². The number of nitro groups is 1. The Hall–Kier alpha value is -1.46. The van der Waals surface area contributed by atoms with E-state index in [4.69, 9.17) is 0 Å². The van der Waals surface area contributed by atoms with Gasteiger partial charge < -0.3 is 10.2 Å². The van der Waals surface area contributed by atoms with Crippen LogP contribution >= 0.6 is 0 Å². The van der Waals surface area contributed by atoms with Gasteiger partial charge in [-0.25, -0.2) is 0 Å². The van der Waals surface area contributed by atoms with Gasteiger partial charge in [-0.15, -0.1) is 0 Å². The van der Waals surface area contributed by atoms with Crippen molar-refractivity contribution in [3.63, 3.8) is 0 Å². The molecule has 0 spiro atoms. The van der Waals surface area contributed by atoms with E-state index in [2.05, 4.69) is 10.2 Å². The lowest BCUT2D eigenvalue weighted by Gasteiger charge is -2.30. The lowest BCUT2D eigenvalue weighted by atomic mass is 9.93. The molecule has 2 aliphatic heterocycles. The summed E-state index contributed by atoms with van der Waals surface area (Å²) in [4.78, 5) is 13.1. The van der Waals surface area contributed by atoms with Gasteiger partial charge in [0, 0.05) is 24.7 Å². The summed E-state index contributed by atoms with van der Waals surface area (Å²) >= 11 is 0. The summed E-state index contributed by atoms with van der Waals surface area (Å²) in [7, 11) is 0. The highest BCUT2D eigenvalue weighted by atomic mass is 16.6. The van der Waals surface area contributed by atoms with Crippen molar-refractivity contribution in [2.75, 3.05) is 26.2 Å². The van der Waals surface area contributed by atoms with Crippen LogP contribution in [0.25, 0.3) is 0 Å². The van der Waals surface area contributed by atoms with E-state index in [9.17, 15) is 10.1 Å². The van der Waals surface area contributed by atoms with Crippen LogP contribution < -0.4 is 5.32 Å². The number of nitro benzene ring substituents is 1. The second kappa shape index (κ2) is 5.27. The number of nitrogens with zero attached hydrogens (tertiary/aromatic N) is 2. The maximum Gasteiger partial charge on any atom is 0.269 e. The van der Waals surface area contributed by atoms with Crippen LogP contribution in [-0.4, -0.2) is 36.0 Å². The zero-order chi connectivity index (χ0) is 13.2. The van der Waals surface area contributed by atoms with Gasteiger partial charge in [-0.05, 0) is 50.0 Å². The van der Waals surface area contributed by atoms with Gasteiger partial charge in [0.05, 0.1) is 4.92 Å². The van der Waals surface area contributed by atoms with Crippen LogP contribution in [0.3, 0.4) is 0 Å².